The van der Waals surface area contributed by atoms with E-state index in [1.54, 1.807) is 0 Å². The molecule has 0 saturated carbocycles. The van der Waals surface area contributed by atoms with Gasteiger partial charge in [0, 0.05) is 19.5 Å². The highest BCUT2D eigenvalue weighted by atomic mass is 32.2. The van der Waals surface area contributed by atoms with E-state index in [0.29, 0.717) is 18.7 Å². The van der Waals surface area contributed by atoms with E-state index >= 15 is 0 Å². The molecule has 0 saturated heterocycles. The minimum absolute atomic E-state index is 0.167. The Bertz CT molecular complexity index is 1350. The summed E-state index contributed by atoms with van der Waals surface area (Å²) >= 11 is 0. The molecule has 0 aliphatic rings. The predicted octanol–water partition coefficient (Wildman–Crippen LogP) is 4.54. The largest absolute Gasteiger partial charge is 0.354 e. The van der Waals surface area contributed by atoms with Crippen molar-refractivity contribution < 1.29 is 18.0 Å². The van der Waals surface area contributed by atoms with Gasteiger partial charge in [0.15, 0.2) is 0 Å². The summed E-state index contributed by atoms with van der Waals surface area (Å²) in [6, 6.07) is 22.0. The second-order valence-electron chi connectivity index (χ2n) is 10.0. The van der Waals surface area contributed by atoms with Gasteiger partial charge in [-0.2, -0.15) is 0 Å². The van der Waals surface area contributed by atoms with Crippen LogP contribution in [-0.2, 0) is 32.6 Å². The fraction of sp³-hybridized carbons (Fsp3) is 0.355. The monoisotopic (exact) mass is 549 g/mol. The summed E-state index contributed by atoms with van der Waals surface area (Å²) in [5.41, 5.74) is 4.83. The standard InChI is InChI=1S/C31H39N3O4S/c1-6-19-32-31(36)28(20-26-13-8-7-9-14-26)33(21-27-17-15-23(2)16-18-27)29(35)22-34(39(5,37)38)30-24(3)11-10-12-25(30)4/h7-18,28H,6,19-22H2,1-5H3,(H,32,36). The Kier molecular flexibility index (Phi) is 10.3. The van der Waals surface area contributed by atoms with Crippen LogP contribution in [0.5, 0.6) is 0 Å². The normalized spacial score (nSPS) is 12.0. The third-order valence-corrected chi connectivity index (χ3v) is 7.77. The van der Waals surface area contributed by atoms with Gasteiger partial charge in [-0.25, -0.2) is 8.42 Å². The number of benzene rings is 3. The molecule has 208 valence electrons. The molecular formula is C31H39N3O4S. The van der Waals surface area contributed by atoms with Crippen LogP contribution in [0.3, 0.4) is 0 Å². The maximum atomic E-state index is 14.1. The highest BCUT2D eigenvalue weighted by Gasteiger charge is 2.33. The second-order valence-corrected chi connectivity index (χ2v) is 11.9. The number of aryl methyl sites for hydroxylation is 3. The first-order valence-electron chi connectivity index (χ1n) is 13.2. The van der Waals surface area contributed by atoms with Gasteiger partial charge in [0.2, 0.25) is 21.8 Å². The molecular weight excluding hydrogens is 510 g/mol. The van der Waals surface area contributed by atoms with Crippen molar-refractivity contribution >= 4 is 27.5 Å². The smallest absolute Gasteiger partial charge is 0.244 e. The fourth-order valence-electron chi connectivity index (χ4n) is 4.59. The van der Waals surface area contributed by atoms with Gasteiger partial charge < -0.3 is 10.2 Å². The molecule has 3 rings (SSSR count). The Labute approximate surface area is 232 Å². The summed E-state index contributed by atoms with van der Waals surface area (Å²) in [7, 11) is -3.80. The molecule has 8 heteroatoms. The van der Waals surface area contributed by atoms with E-state index in [2.05, 4.69) is 5.32 Å². The highest BCUT2D eigenvalue weighted by Crippen LogP contribution is 2.27. The molecule has 1 N–H and O–H groups in total. The van der Waals surface area contributed by atoms with Crippen LogP contribution in [0.25, 0.3) is 0 Å². The minimum atomic E-state index is -3.80. The van der Waals surface area contributed by atoms with E-state index in [0.717, 1.165) is 44.8 Å². The van der Waals surface area contributed by atoms with E-state index in [4.69, 9.17) is 0 Å². The van der Waals surface area contributed by atoms with Crippen molar-refractivity contribution in [2.45, 2.75) is 53.1 Å². The lowest BCUT2D eigenvalue weighted by atomic mass is 10.0. The Hall–Kier alpha value is -3.65. The lowest BCUT2D eigenvalue weighted by Crippen LogP contribution is -2.53. The van der Waals surface area contributed by atoms with Gasteiger partial charge >= 0.3 is 0 Å². The van der Waals surface area contributed by atoms with E-state index in [9.17, 15) is 18.0 Å². The van der Waals surface area contributed by atoms with Crippen molar-refractivity contribution in [3.05, 3.63) is 101 Å². The Morgan fingerprint density at radius 1 is 0.846 bits per heavy atom. The Balaban J connectivity index is 2.07. The molecule has 1 atom stereocenters. The number of hydrogen-bond donors (Lipinski definition) is 1. The third kappa shape index (κ3) is 8.17. The number of nitrogens with one attached hydrogen (secondary N) is 1. The average Bonchev–Trinajstić information content (AvgIpc) is 2.89. The number of anilines is 1. The van der Waals surface area contributed by atoms with Crippen LogP contribution in [0.4, 0.5) is 5.69 Å². The molecule has 2 amide bonds. The SMILES string of the molecule is CCCNC(=O)C(Cc1ccccc1)N(Cc1ccc(C)cc1)C(=O)CN(c1c(C)cccc1C)S(C)(=O)=O. The molecule has 0 spiro atoms. The van der Waals surface area contributed by atoms with Gasteiger partial charge in [-0.3, -0.25) is 13.9 Å². The van der Waals surface area contributed by atoms with E-state index < -0.39 is 28.5 Å². The Morgan fingerprint density at radius 2 is 1.46 bits per heavy atom. The van der Waals surface area contributed by atoms with E-state index in [1.165, 1.54) is 4.90 Å². The first-order valence-corrected chi connectivity index (χ1v) is 15.1. The number of sulfonamides is 1. The van der Waals surface area contributed by atoms with E-state index in [1.807, 2.05) is 100 Å². The van der Waals surface area contributed by atoms with Gasteiger partial charge in [0.25, 0.3) is 0 Å². The number of nitrogens with zero attached hydrogens (tertiary/aromatic N) is 2. The molecule has 0 aromatic heterocycles. The maximum absolute atomic E-state index is 14.1. The van der Waals surface area contributed by atoms with Gasteiger partial charge in [0.1, 0.15) is 12.6 Å². The van der Waals surface area contributed by atoms with Crippen molar-refractivity contribution in [3.8, 4) is 0 Å². The number of hydrogen-bond acceptors (Lipinski definition) is 4. The first kappa shape index (κ1) is 29.9. The molecule has 1 unspecified atom stereocenters. The van der Waals surface area contributed by atoms with Gasteiger partial charge in [-0.1, -0.05) is 85.3 Å². The van der Waals surface area contributed by atoms with Crippen molar-refractivity contribution in [1.82, 2.24) is 10.2 Å². The van der Waals surface area contributed by atoms with Crippen molar-refractivity contribution in [2.24, 2.45) is 0 Å². The molecule has 0 aliphatic heterocycles. The molecule has 0 fully saturated rings. The van der Waals surface area contributed by atoms with Crippen LogP contribution < -0.4 is 9.62 Å². The number of carbonyl (C=O) groups excluding carboxylic acids is 2. The Morgan fingerprint density at radius 3 is 2.03 bits per heavy atom. The van der Waals surface area contributed by atoms with Gasteiger partial charge in [-0.15, -0.1) is 0 Å². The zero-order chi connectivity index (χ0) is 28.6. The molecule has 7 nitrogen and oxygen atoms in total. The summed E-state index contributed by atoms with van der Waals surface area (Å²) in [5.74, 6) is -0.713. The zero-order valence-corrected chi connectivity index (χ0v) is 24.3. The maximum Gasteiger partial charge on any atom is 0.244 e. The van der Waals surface area contributed by atoms with Crippen molar-refractivity contribution in [1.29, 1.82) is 0 Å². The van der Waals surface area contributed by atoms with Crippen molar-refractivity contribution in [2.75, 3.05) is 23.7 Å². The summed E-state index contributed by atoms with van der Waals surface area (Å²) in [5, 5.41) is 2.95. The van der Waals surface area contributed by atoms with E-state index in [-0.39, 0.29) is 12.5 Å². The molecule has 0 radical (unpaired) electrons. The van der Waals surface area contributed by atoms with Crippen LogP contribution in [0, 0.1) is 20.8 Å². The minimum Gasteiger partial charge on any atom is -0.354 e. The van der Waals surface area contributed by atoms with Gasteiger partial charge in [0.05, 0.1) is 11.9 Å². The number of para-hydroxylation sites is 1. The number of carbonyl (C=O) groups is 2. The van der Waals surface area contributed by atoms with Gasteiger partial charge in [-0.05, 0) is 49.4 Å². The zero-order valence-electron chi connectivity index (χ0n) is 23.5. The first-order chi connectivity index (χ1) is 18.5. The summed E-state index contributed by atoms with van der Waals surface area (Å²) in [6.07, 6.45) is 2.16. The summed E-state index contributed by atoms with van der Waals surface area (Å²) in [6.45, 7) is 7.84. The van der Waals surface area contributed by atoms with Crippen LogP contribution in [-0.4, -0.2) is 50.5 Å². The third-order valence-electron chi connectivity index (χ3n) is 6.66. The topological polar surface area (TPSA) is 86.8 Å². The summed E-state index contributed by atoms with van der Waals surface area (Å²) in [4.78, 5) is 29.2. The highest BCUT2D eigenvalue weighted by molar-refractivity contribution is 7.92. The predicted molar refractivity (Wildman–Crippen MR) is 157 cm³/mol. The number of rotatable bonds is 12. The molecule has 3 aromatic rings. The van der Waals surface area contributed by atoms with Crippen LogP contribution >= 0.6 is 0 Å². The van der Waals surface area contributed by atoms with Crippen LogP contribution in [0.2, 0.25) is 0 Å². The molecule has 0 heterocycles. The lowest BCUT2D eigenvalue weighted by molar-refractivity contribution is -0.140. The second kappa shape index (κ2) is 13.4. The lowest BCUT2D eigenvalue weighted by Gasteiger charge is -2.34. The van der Waals surface area contributed by atoms with Crippen LogP contribution in [0.15, 0.2) is 72.8 Å². The fourth-order valence-corrected chi connectivity index (χ4v) is 5.55. The summed E-state index contributed by atoms with van der Waals surface area (Å²) < 4.78 is 27.2. The van der Waals surface area contributed by atoms with Crippen LogP contribution in [0.1, 0.15) is 41.2 Å². The molecule has 39 heavy (non-hydrogen) atoms. The quantitative estimate of drug-likeness (QED) is 0.359. The molecule has 0 bridgehead atoms. The molecule has 3 aromatic carbocycles. The molecule has 0 aliphatic carbocycles. The number of amides is 2. The average molecular weight is 550 g/mol. The van der Waals surface area contributed by atoms with Crippen molar-refractivity contribution in [3.63, 3.8) is 0 Å².